The van der Waals surface area contributed by atoms with E-state index in [2.05, 4.69) is 12.2 Å². The number of hydrogen-bond donors (Lipinski definition) is 0. The molecular formula is C9H14O. The zero-order valence-corrected chi connectivity index (χ0v) is 6.25. The molecule has 0 saturated carbocycles. The fraction of sp³-hybridized carbons (Fsp3) is 0.667. The van der Waals surface area contributed by atoms with Crippen LogP contribution in [0.5, 0.6) is 0 Å². The van der Waals surface area contributed by atoms with E-state index in [9.17, 15) is 4.79 Å². The highest BCUT2D eigenvalue weighted by Gasteiger charge is 2.06. The van der Waals surface area contributed by atoms with Gasteiger partial charge in [-0.1, -0.05) is 12.2 Å². The van der Waals surface area contributed by atoms with Gasteiger partial charge < -0.3 is 4.79 Å². The molecule has 0 N–H and O–H groups in total. The summed E-state index contributed by atoms with van der Waals surface area (Å²) in [5.74, 6) is 0.338. The Labute approximate surface area is 62.1 Å². The van der Waals surface area contributed by atoms with Crippen LogP contribution in [0.1, 0.15) is 32.1 Å². The van der Waals surface area contributed by atoms with E-state index in [1.165, 1.54) is 6.42 Å². The number of rotatable bonds is 1. The first-order chi connectivity index (χ1) is 4.93. The molecule has 1 heteroatoms. The van der Waals surface area contributed by atoms with Crippen molar-refractivity contribution in [3.8, 4) is 0 Å². The maximum Gasteiger partial charge on any atom is 0.123 e. The summed E-state index contributed by atoms with van der Waals surface area (Å²) in [5.41, 5.74) is 0. The second-order valence-corrected chi connectivity index (χ2v) is 2.88. The van der Waals surface area contributed by atoms with E-state index in [1.807, 2.05) is 0 Å². The van der Waals surface area contributed by atoms with Crippen molar-refractivity contribution in [1.29, 1.82) is 0 Å². The number of carbonyl (C=O) groups is 1. The lowest BCUT2D eigenvalue weighted by Crippen LogP contribution is -2.02. The van der Waals surface area contributed by atoms with Crippen molar-refractivity contribution in [3.05, 3.63) is 12.2 Å². The lowest BCUT2D eigenvalue weighted by molar-refractivity contribution is -0.111. The fourth-order valence-corrected chi connectivity index (χ4v) is 1.32. The van der Waals surface area contributed by atoms with Crippen LogP contribution in [0, 0.1) is 5.92 Å². The minimum Gasteiger partial charge on any atom is -0.303 e. The topological polar surface area (TPSA) is 17.1 Å². The van der Waals surface area contributed by atoms with Crippen LogP contribution in [0.15, 0.2) is 12.2 Å². The van der Waals surface area contributed by atoms with Crippen molar-refractivity contribution >= 4 is 6.29 Å². The van der Waals surface area contributed by atoms with Crippen molar-refractivity contribution in [2.24, 2.45) is 5.92 Å². The lowest BCUT2D eigenvalue weighted by Gasteiger charge is -2.09. The van der Waals surface area contributed by atoms with E-state index in [0.29, 0.717) is 5.92 Å². The van der Waals surface area contributed by atoms with E-state index in [0.717, 1.165) is 32.0 Å². The van der Waals surface area contributed by atoms with Gasteiger partial charge in [-0.3, -0.25) is 0 Å². The summed E-state index contributed by atoms with van der Waals surface area (Å²) in [6.07, 6.45) is 11.1. The number of hydrogen-bond acceptors (Lipinski definition) is 1. The summed E-state index contributed by atoms with van der Waals surface area (Å²) < 4.78 is 0. The lowest BCUT2D eigenvalue weighted by atomic mass is 9.96. The molecule has 0 amide bonds. The Morgan fingerprint density at radius 1 is 1.20 bits per heavy atom. The van der Waals surface area contributed by atoms with Gasteiger partial charge in [0.2, 0.25) is 0 Å². The Morgan fingerprint density at radius 2 is 2.00 bits per heavy atom. The molecule has 0 radical (unpaired) electrons. The average molecular weight is 138 g/mol. The standard InChI is InChI=1S/C9H14O/c10-8-9-6-4-2-1-3-5-7-9/h1-2,8-9H,3-7H2/t9-/m0/s1. The zero-order chi connectivity index (χ0) is 7.23. The maximum absolute atomic E-state index is 10.4. The van der Waals surface area contributed by atoms with Crippen molar-refractivity contribution < 1.29 is 4.79 Å². The predicted molar refractivity (Wildman–Crippen MR) is 41.8 cm³/mol. The molecule has 1 aliphatic rings. The van der Waals surface area contributed by atoms with Gasteiger partial charge in [-0.25, -0.2) is 0 Å². The second-order valence-electron chi connectivity index (χ2n) is 2.88. The molecule has 0 heterocycles. The molecule has 1 nitrogen and oxygen atoms in total. The van der Waals surface area contributed by atoms with Crippen LogP contribution in [0.2, 0.25) is 0 Å². The highest BCUT2D eigenvalue weighted by Crippen LogP contribution is 2.15. The maximum atomic E-state index is 10.4. The first-order valence-electron chi connectivity index (χ1n) is 4.04. The van der Waals surface area contributed by atoms with Crippen molar-refractivity contribution in [1.82, 2.24) is 0 Å². The molecule has 10 heavy (non-hydrogen) atoms. The Balaban J connectivity index is 2.34. The molecule has 0 aromatic heterocycles. The smallest absolute Gasteiger partial charge is 0.123 e. The molecule has 1 atom stereocenters. The van der Waals surface area contributed by atoms with E-state index in [-0.39, 0.29) is 0 Å². The highest BCUT2D eigenvalue weighted by atomic mass is 16.1. The average Bonchev–Trinajstić information content (AvgIpc) is 1.87. The first kappa shape index (κ1) is 7.52. The van der Waals surface area contributed by atoms with E-state index in [4.69, 9.17) is 0 Å². The number of aldehydes is 1. The molecule has 0 aromatic rings. The number of allylic oxidation sites excluding steroid dienone is 2. The summed E-state index contributed by atoms with van der Waals surface area (Å²) >= 11 is 0. The monoisotopic (exact) mass is 138 g/mol. The van der Waals surface area contributed by atoms with Crippen LogP contribution in [0.4, 0.5) is 0 Å². The van der Waals surface area contributed by atoms with Gasteiger partial charge in [0, 0.05) is 5.92 Å². The van der Waals surface area contributed by atoms with Gasteiger partial charge in [0.05, 0.1) is 0 Å². The molecule has 1 rings (SSSR count). The third-order valence-electron chi connectivity index (χ3n) is 2.01. The number of carbonyl (C=O) groups excluding carboxylic acids is 1. The van der Waals surface area contributed by atoms with Crippen LogP contribution in [0.3, 0.4) is 0 Å². The molecule has 0 unspecified atom stereocenters. The minimum atomic E-state index is 0.338. The SMILES string of the molecule is O=C[C@H]1CCC=CCCC1. The molecule has 0 aliphatic heterocycles. The van der Waals surface area contributed by atoms with Gasteiger partial charge in [-0.05, 0) is 32.1 Å². The van der Waals surface area contributed by atoms with Crippen molar-refractivity contribution in [3.63, 3.8) is 0 Å². The Morgan fingerprint density at radius 3 is 2.80 bits per heavy atom. The van der Waals surface area contributed by atoms with Gasteiger partial charge in [0.1, 0.15) is 6.29 Å². The van der Waals surface area contributed by atoms with E-state index >= 15 is 0 Å². The Bertz CT molecular complexity index is 127. The van der Waals surface area contributed by atoms with Gasteiger partial charge in [0.25, 0.3) is 0 Å². The first-order valence-corrected chi connectivity index (χ1v) is 4.04. The summed E-state index contributed by atoms with van der Waals surface area (Å²) in [7, 11) is 0. The summed E-state index contributed by atoms with van der Waals surface area (Å²) in [6.45, 7) is 0. The third-order valence-corrected chi connectivity index (χ3v) is 2.01. The molecule has 0 spiro atoms. The summed E-state index contributed by atoms with van der Waals surface area (Å²) in [6, 6.07) is 0. The molecule has 0 saturated heterocycles. The van der Waals surface area contributed by atoms with Crippen LogP contribution in [-0.4, -0.2) is 6.29 Å². The van der Waals surface area contributed by atoms with E-state index < -0.39 is 0 Å². The molecule has 56 valence electrons. The molecule has 0 fully saturated rings. The molecular weight excluding hydrogens is 124 g/mol. The van der Waals surface area contributed by atoms with Crippen molar-refractivity contribution in [2.75, 3.05) is 0 Å². The van der Waals surface area contributed by atoms with E-state index in [1.54, 1.807) is 0 Å². The third kappa shape index (κ3) is 2.34. The van der Waals surface area contributed by atoms with Gasteiger partial charge in [0.15, 0.2) is 0 Å². The summed E-state index contributed by atoms with van der Waals surface area (Å²) in [4.78, 5) is 10.4. The molecule has 0 bridgehead atoms. The van der Waals surface area contributed by atoms with Crippen LogP contribution < -0.4 is 0 Å². The second kappa shape index (κ2) is 4.26. The van der Waals surface area contributed by atoms with Crippen LogP contribution in [-0.2, 0) is 4.79 Å². The van der Waals surface area contributed by atoms with Crippen molar-refractivity contribution in [2.45, 2.75) is 32.1 Å². The normalized spacial score (nSPS) is 27.0. The van der Waals surface area contributed by atoms with Gasteiger partial charge in [-0.15, -0.1) is 0 Å². The zero-order valence-electron chi connectivity index (χ0n) is 6.25. The van der Waals surface area contributed by atoms with Gasteiger partial charge >= 0.3 is 0 Å². The van der Waals surface area contributed by atoms with Crippen LogP contribution >= 0.6 is 0 Å². The summed E-state index contributed by atoms with van der Waals surface area (Å²) in [5, 5.41) is 0. The molecule has 1 aliphatic carbocycles. The highest BCUT2D eigenvalue weighted by molar-refractivity contribution is 5.53. The van der Waals surface area contributed by atoms with Crippen LogP contribution in [0.25, 0.3) is 0 Å². The quantitative estimate of drug-likeness (QED) is 0.401. The minimum absolute atomic E-state index is 0.338. The Kier molecular flexibility index (Phi) is 3.20. The molecule has 0 aromatic carbocycles. The largest absolute Gasteiger partial charge is 0.303 e. The van der Waals surface area contributed by atoms with Gasteiger partial charge in [-0.2, -0.15) is 0 Å². The fourth-order valence-electron chi connectivity index (χ4n) is 1.32. The predicted octanol–water partition coefficient (Wildman–Crippen LogP) is 2.32. The Hall–Kier alpha value is -0.590.